The molecule has 94 valence electrons. The van der Waals surface area contributed by atoms with Crippen LogP contribution in [0.25, 0.3) is 0 Å². The van der Waals surface area contributed by atoms with Crippen LogP contribution in [0.15, 0.2) is 29.2 Å². The van der Waals surface area contributed by atoms with Crippen molar-refractivity contribution in [3.8, 4) is 0 Å². The van der Waals surface area contributed by atoms with Gasteiger partial charge in [-0.15, -0.1) is 0 Å². The summed E-state index contributed by atoms with van der Waals surface area (Å²) in [5.41, 5.74) is 1.09. The SMILES string of the molecule is Cc1ccc(S(=O)(=O)CC2CCNCC2)cc1. The molecule has 17 heavy (non-hydrogen) atoms. The van der Waals surface area contributed by atoms with E-state index in [1.807, 2.05) is 19.1 Å². The summed E-state index contributed by atoms with van der Waals surface area (Å²) in [7, 11) is -3.10. The highest BCUT2D eigenvalue weighted by atomic mass is 32.2. The van der Waals surface area contributed by atoms with Gasteiger partial charge in [0.05, 0.1) is 10.6 Å². The predicted molar refractivity (Wildman–Crippen MR) is 68.8 cm³/mol. The molecular weight excluding hydrogens is 234 g/mol. The van der Waals surface area contributed by atoms with Crippen molar-refractivity contribution < 1.29 is 8.42 Å². The van der Waals surface area contributed by atoms with Crippen LogP contribution in [0.1, 0.15) is 18.4 Å². The van der Waals surface area contributed by atoms with Gasteiger partial charge in [0.1, 0.15) is 0 Å². The second-order valence-corrected chi connectivity index (χ2v) is 6.82. The minimum absolute atomic E-state index is 0.289. The summed E-state index contributed by atoms with van der Waals surface area (Å²) in [6.07, 6.45) is 1.93. The first-order valence-electron chi connectivity index (χ1n) is 6.08. The molecule has 0 atom stereocenters. The Labute approximate surface area is 103 Å². The van der Waals surface area contributed by atoms with E-state index in [1.165, 1.54) is 0 Å². The standard InChI is InChI=1S/C13H19NO2S/c1-11-2-4-13(5-3-11)17(15,16)10-12-6-8-14-9-7-12/h2-5,12,14H,6-10H2,1H3. The highest BCUT2D eigenvalue weighted by Gasteiger charge is 2.22. The minimum atomic E-state index is -3.10. The molecule has 1 aliphatic rings. The van der Waals surface area contributed by atoms with Crippen molar-refractivity contribution in [2.45, 2.75) is 24.7 Å². The monoisotopic (exact) mass is 253 g/mol. The molecule has 1 N–H and O–H groups in total. The number of aryl methyl sites for hydroxylation is 1. The summed E-state index contributed by atoms with van der Waals surface area (Å²) in [5, 5.41) is 3.25. The highest BCUT2D eigenvalue weighted by Crippen LogP contribution is 2.20. The molecule has 0 spiro atoms. The molecule has 1 aromatic carbocycles. The fraction of sp³-hybridized carbons (Fsp3) is 0.538. The number of rotatable bonds is 3. The zero-order chi connectivity index (χ0) is 12.3. The van der Waals surface area contributed by atoms with Gasteiger partial charge in [0, 0.05) is 0 Å². The van der Waals surface area contributed by atoms with Crippen molar-refractivity contribution in [2.24, 2.45) is 5.92 Å². The van der Waals surface area contributed by atoms with E-state index in [0.29, 0.717) is 10.8 Å². The Morgan fingerprint density at radius 1 is 1.18 bits per heavy atom. The number of sulfone groups is 1. The molecule has 0 unspecified atom stereocenters. The van der Waals surface area contributed by atoms with Crippen LogP contribution in [0, 0.1) is 12.8 Å². The first-order chi connectivity index (χ1) is 8.08. The largest absolute Gasteiger partial charge is 0.317 e. The average Bonchev–Trinajstić information content (AvgIpc) is 2.30. The van der Waals surface area contributed by atoms with Crippen LogP contribution < -0.4 is 5.32 Å². The average molecular weight is 253 g/mol. The molecule has 1 fully saturated rings. The Balaban J connectivity index is 2.10. The minimum Gasteiger partial charge on any atom is -0.317 e. The Bertz CT molecular complexity index is 459. The van der Waals surface area contributed by atoms with Crippen molar-refractivity contribution >= 4 is 9.84 Å². The summed E-state index contributed by atoms with van der Waals surface area (Å²) in [6.45, 7) is 3.84. The van der Waals surface area contributed by atoms with Gasteiger partial charge >= 0.3 is 0 Å². The van der Waals surface area contributed by atoms with Gasteiger partial charge in [-0.05, 0) is 50.9 Å². The fourth-order valence-corrected chi connectivity index (χ4v) is 3.90. The molecule has 0 amide bonds. The van der Waals surface area contributed by atoms with Gasteiger partial charge < -0.3 is 5.32 Å². The molecule has 0 bridgehead atoms. The van der Waals surface area contributed by atoms with Gasteiger partial charge in [0.25, 0.3) is 0 Å². The molecule has 1 aromatic rings. The molecule has 0 radical (unpaired) electrons. The number of hydrogen-bond donors (Lipinski definition) is 1. The highest BCUT2D eigenvalue weighted by molar-refractivity contribution is 7.91. The van der Waals surface area contributed by atoms with E-state index in [2.05, 4.69) is 5.32 Å². The van der Waals surface area contributed by atoms with Gasteiger partial charge in [-0.3, -0.25) is 0 Å². The van der Waals surface area contributed by atoms with Crippen molar-refractivity contribution in [1.82, 2.24) is 5.32 Å². The first kappa shape index (κ1) is 12.6. The van der Waals surface area contributed by atoms with E-state index in [0.717, 1.165) is 31.5 Å². The lowest BCUT2D eigenvalue weighted by Gasteiger charge is -2.22. The third kappa shape index (κ3) is 3.30. The molecule has 0 aromatic heterocycles. The van der Waals surface area contributed by atoms with Gasteiger partial charge in [-0.2, -0.15) is 0 Å². The van der Waals surface area contributed by atoms with E-state index in [1.54, 1.807) is 12.1 Å². The van der Waals surface area contributed by atoms with Gasteiger partial charge in [-0.25, -0.2) is 8.42 Å². The van der Waals surface area contributed by atoms with Crippen LogP contribution >= 0.6 is 0 Å². The molecule has 2 rings (SSSR count). The van der Waals surface area contributed by atoms with Crippen molar-refractivity contribution in [3.05, 3.63) is 29.8 Å². The zero-order valence-corrected chi connectivity index (χ0v) is 11.0. The molecule has 0 saturated carbocycles. The second kappa shape index (κ2) is 5.19. The van der Waals surface area contributed by atoms with Crippen molar-refractivity contribution in [2.75, 3.05) is 18.8 Å². The number of hydrogen-bond acceptors (Lipinski definition) is 3. The maximum Gasteiger partial charge on any atom is 0.178 e. The topological polar surface area (TPSA) is 46.2 Å². The smallest absolute Gasteiger partial charge is 0.178 e. The maximum absolute atomic E-state index is 12.2. The van der Waals surface area contributed by atoms with E-state index < -0.39 is 9.84 Å². The van der Waals surface area contributed by atoms with Crippen LogP contribution in [-0.2, 0) is 9.84 Å². The van der Waals surface area contributed by atoms with Gasteiger partial charge in [0.2, 0.25) is 0 Å². The Morgan fingerprint density at radius 2 is 1.76 bits per heavy atom. The zero-order valence-electron chi connectivity index (χ0n) is 10.1. The maximum atomic E-state index is 12.2. The lowest BCUT2D eigenvalue weighted by Crippen LogP contribution is -2.31. The lowest BCUT2D eigenvalue weighted by atomic mass is 10.0. The Kier molecular flexibility index (Phi) is 3.84. The number of nitrogens with one attached hydrogen (secondary N) is 1. The molecule has 0 aliphatic carbocycles. The first-order valence-corrected chi connectivity index (χ1v) is 7.73. The summed E-state index contributed by atoms with van der Waals surface area (Å²) in [6, 6.07) is 7.14. The van der Waals surface area contributed by atoms with Gasteiger partial charge in [0.15, 0.2) is 9.84 Å². The lowest BCUT2D eigenvalue weighted by molar-refractivity contribution is 0.401. The van der Waals surface area contributed by atoms with Crippen LogP contribution in [0.4, 0.5) is 0 Å². The number of benzene rings is 1. The van der Waals surface area contributed by atoms with E-state index in [9.17, 15) is 8.42 Å². The molecule has 1 heterocycles. The van der Waals surface area contributed by atoms with E-state index in [4.69, 9.17) is 0 Å². The Morgan fingerprint density at radius 3 is 2.35 bits per heavy atom. The fourth-order valence-electron chi connectivity index (χ4n) is 2.20. The van der Waals surface area contributed by atoms with E-state index >= 15 is 0 Å². The van der Waals surface area contributed by atoms with Gasteiger partial charge in [-0.1, -0.05) is 17.7 Å². The normalized spacial score (nSPS) is 18.2. The Hall–Kier alpha value is -0.870. The summed E-state index contributed by atoms with van der Waals surface area (Å²) < 4.78 is 24.4. The molecule has 1 aliphatic heterocycles. The van der Waals surface area contributed by atoms with Crippen LogP contribution in [0.3, 0.4) is 0 Å². The predicted octanol–water partition coefficient (Wildman–Crippen LogP) is 1.77. The van der Waals surface area contributed by atoms with E-state index in [-0.39, 0.29) is 5.75 Å². The van der Waals surface area contributed by atoms with Crippen LogP contribution in [0.5, 0.6) is 0 Å². The van der Waals surface area contributed by atoms with Crippen LogP contribution in [0.2, 0.25) is 0 Å². The molecule has 3 nitrogen and oxygen atoms in total. The molecule has 1 saturated heterocycles. The quantitative estimate of drug-likeness (QED) is 0.893. The van der Waals surface area contributed by atoms with Crippen LogP contribution in [-0.4, -0.2) is 27.3 Å². The third-order valence-electron chi connectivity index (χ3n) is 3.29. The number of piperidine rings is 1. The van der Waals surface area contributed by atoms with Crippen molar-refractivity contribution in [3.63, 3.8) is 0 Å². The molecular formula is C13H19NO2S. The molecule has 4 heteroatoms. The summed E-state index contributed by atoms with van der Waals surface area (Å²) >= 11 is 0. The van der Waals surface area contributed by atoms with Crippen molar-refractivity contribution in [1.29, 1.82) is 0 Å². The summed E-state index contributed by atoms with van der Waals surface area (Å²) in [4.78, 5) is 0.460. The second-order valence-electron chi connectivity index (χ2n) is 4.79. The third-order valence-corrected chi connectivity index (χ3v) is 5.19. The summed E-state index contributed by atoms with van der Waals surface area (Å²) in [5.74, 6) is 0.597.